The van der Waals surface area contributed by atoms with E-state index in [2.05, 4.69) is 58.9 Å². The smallest absolute Gasteiger partial charge is 0.240 e. The summed E-state index contributed by atoms with van der Waals surface area (Å²) in [7, 11) is 2.09. The van der Waals surface area contributed by atoms with E-state index in [1.54, 1.807) is 11.3 Å². The predicted octanol–water partition coefficient (Wildman–Crippen LogP) is 3.72. The van der Waals surface area contributed by atoms with Crippen molar-refractivity contribution < 1.29 is 4.79 Å². The maximum atomic E-state index is 12.5. The SMILES string of the molecule is CCc1nc(NC(=O)CN2CCC[C@@H](c3nc4ccccc4n3C)C2)sc1C. The number of benzene rings is 1. The van der Waals surface area contributed by atoms with Crippen LogP contribution in [0.15, 0.2) is 24.3 Å². The zero-order valence-electron chi connectivity index (χ0n) is 16.7. The summed E-state index contributed by atoms with van der Waals surface area (Å²) in [6.45, 7) is 6.36. The number of carbonyl (C=O) groups excluding carboxylic acids is 1. The number of aryl methyl sites for hydroxylation is 3. The molecule has 4 rings (SSSR count). The molecule has 0 bridgehead atoms. The maximum absolute atomic E-state index is 12.5. The largest absolute Gasteiger partial charge is 0.331 e. The molecule has 1 aliphatic rings. The summed E-state index contributed by atoms with van der Waals surface area (Å²) in [5, 5.41) is 3.69. The Kier molecular flexibility index (Phi) is 5.46. The van der Waals surface area contributed by atoms with Crippen LogP contribution >= 0.6 is 11.3 Å². The Bertz CT molecular complexity index is 992. The molecule has 7 heteroatoms. The van der Waals surface area contributed by atoms with Crippen molar-refractivity contribution in [1.82, 2.24) is 19.4 Å². The average molecular weight is 398 g/mol. The van der Waals surface area contributed by atoms with Crippen LogP contribution in [0.5, 0.6) is 0 Å². The van der Waals surface area contributed by atoms with Crippen LogP contribution in [0.3, 0.4) is 0 Å². The lowest BCUT2D eigenvalue weighted by Crippen LogP contribution is -2.40. The number of carbonyl (C=O) groups is 1. The van der Waals surface area contributed by atoms with E-state index in [1.165, 1.54) is 10.4 Å². The summed E-state index contributed by atoms with van der Waals surface area (Å²) in [5.41, 5.74) is 3.28. The molecular formula is C21H27N5OS. The zero-order chi connectivity index (χ0) is 19.7. The number of amides is 1. The van der Waals surface area contributed by atoms with Crippen LogP contribution in [-0.2, 0) is 18.3 Å². The Labute approximate surface area is 169 Å². The third kappa shape index (κ3) is 3.82. The fourth-order valence-corrected chi connectivity index (χ4v) is 5.03. The highest BCUT2D eigenvalue weighted by atomic mass is 32.1. The van der Waals surface area contributed by atoms with E-state index < -0.39 is 0 Å². The molecular weight excluding hydrogens is 370 g/mol. The molecule has 0 spiro atoms. The van der Waals surface area contributed by atoms with Gasteiger partial charge < -0.3 is 9.88 Å². The lowest BCUT2D eigenvalue weighted by Gasteiger charge is -2.31. The van der Waals surface area contributed by atoms with E-state index in [9.17, 15) is 4.79 Å². The van der Waals surface area contributed by atoms with Crippen molar-refractivity contribution in [2.24, 2.45) is 7.05 Å². The van der Waals surface area contributed by atoms with Gasteiger partial charge in [-0.25, -0.2) is 9.97 Å². The Hall–Kier alpha value is -2.25. The fourth-order valence-electron chi connectivity index (χ4n) is 4.11. The van der Waals surface area contributed by atoms with Crippen LogP contribution in [0.4, 0.5) is 5.13 Å². The average Bonchev–Trinajstić information content (AvgIpc) is 3.21. The van der Waals surface area contributed by atoms with Crippen LogP contribution in [0.25, 0.3) is 11.0 Å². The molecule has 3 heterocycles. The summed E-state index contributed by atoms with van der Waals surface area (Å²) in [6, 6.07) is 8.25. The van der Waals surface area contributed by atoms with Gasteiger partial charge in [-0.1, -0.05) is 19.1 Å². The van der Waals surface area contributed by atoms with Gasteiger partial charge in [0.15, 0.2) is 5.13 Å². The molecule has 1 amide bonds. The lowest BCUT2D eigenvalue weighted by molar-refractivity contribution is -0.117. The van der Waals surface area contributed by atoms with Gasteiger partial charge in [-0.15, -0.1) is 11.3 Å². The van der Waals surface area contributed by atoms with Crippen LogP contribution in [0, 0.1) is 6.92 Å². The Balaban J connectivity index is 1.41. The van der Waals surface area contributed by atoms with Gasteiger partial charge in [0.25, 0.3) is 0 Å². The number of thiazole rings is 1. The Morgan fingerprint density at radius 3 is 2.89 bits per heavy atom. The minimum Gasteiger partial charge on any atom is -0.331 e. The van der Waals surface area contributed by atoms with Crippen molar-refractivity contribution in [2.45, 2.75) is 39.0 Å². The topological polar surface area (TPSA) is 63.1 Å². The summed E-state index contributed by atoms with van der Waals surface area (Å²) in [5.74, 6) is 1.49. The van der Waals surface area contributed by atoms with Crippen molar-refractivity contribution >= 4 is 33.4 Å². The predicted molar refractivity (Wildman–Crippen MR) is 114 cm³/mol. The van der Waals surface area contributed by atoms with Crippen molar-refractivity contribution in [2.75, 3.05) is 25.0 Å². The molecule has 0 radical (unpaired) electrons. The van der Waals surface area contributed by atoms with Gasteiger partial charge in [0.2, 0.25) is 5.91 Å². The molecule has 1 aliphatic heterocycles. The molecule has 1 atom stereocenters. The van der Waals surface area contributed by atoms with Crippen LogP contribution in [-0.4, -0.2) is 45.0 Å². The summed E-state index contributed by atoms with van der Waals surface area (Å²) < 4.78 is 2.20. The van der Waals surface area contributed by atoms with Gasteiger partial charge in [0, 0.05) is 24.4 Å². The number of anilines is 1. The molecule has 28 heavy (non-hydrogen) atoms. The number of hydrogen-bond acceptors (Lipinski definition) is 5. The minimum atomic E-state index is 0.0158. The molecule has 3 aromatic rings. The zero-order valence-corrected chi connectivity index (χ0v) is 17.6. The monoisotopic (exact) mass is 397 g/mol. The second-order valence-corrected chi connectivity index (χ2v) is 8.72. The number of nitrogens with zero attached hydrogens (tertiary/aromatic N) is 4. The molecule has 1 fully saturated rings. The van der Waals surface area contributed by atoms with Gasteiger partial charge in [-0.3, -0.25) is 9.69 Å². The number of fused-ring (bicyclic) bond motifs is 1. The first-order valence-corrected chi connectivity index (χ1v) is 10.8. The van der Waals surface area contributed by atoms with Gasteiger partial charge >= 0.3 is 0 Å². The van der Waals surface area contributed by atoms with E-state index in [0.29, 0.717) is 17.6 Å². The second kappa shape index (κ2) is 8.01. The highest BCUT2D eigenvalue weighted by Crippen LogP contribution is 2.28. The first-order valence-electron chi connectivity index (χ1n) is 9.95. The number of para-hydroxylation sites is 2. The lowest BCUT2D eigenvalue weighted by atomic mass is 9.97. The fraction of sp³-hybridized carbons (Fsp3) is 0.476. The number of imidazole rings is 1. The van der Waals surface area contributed by atoms with E-state index >= 15 is 0 Å². The van der Waals surface area contributed by atoms with Crippen LogP contribution in [0.2, 0.25) is 0 Å². The van der Waals surface area contributed by atoms with E-state index in [0.717, 1.165) is 49.4 Å². The van der Waals surface area contributed by atoms with E-state index in [1.807, 2.05) is 6.07 Å². The Morgan fingerprint density at radius 2 is 2.14 bits per heavy atom. The van der Waals surface area contributed by atoms with Crippen molar-refractivity contribution in [3.8, 4) is 0 Å². The highest BCUT2D eigenvalue weighted by molar-refractivity contribution is 7.15. The Morgan fingerprint density at radius 1 is 1.32 bits per heavy atom. The summed E-state index contributed by atoms with van der Waals surface area (Å²) >= 11 is 1.56. The molecule has 148 valence electrons. The van der Waals surface area contributed by atoms with Gasteiger partial charge in [0.05, 0.1) is 23.3 Å². The quantitative estimate of drug-likeness (QED) is 0.713. The number of rotatable bonds is 5. The molecule has 2 aromatic heterocycles. The maximum Gasteiger partial charge on any atom is 0.240 e. The molecule has 1 N–H and O–H groups in total. The number of likely N-dealkylation sites (tertiary alicyclic amines) is 1. The van der Waals surface area contributed by atoms with E-state index in [4.69, 9.17) is 4.98 Å². The highest BCUT2D eigenvalue weighted by Gasteiger charge is 2.26. The summed E-state index contributed by atoms with van der Waals surface area (Å²) in [4.78, 5) is 25.3. The molecule has 6 nitrogen and oxygen atoms in total. The van der Waals surface area contributed by atoms with Crippen molar-refractivity contribution in [3.63, 3.8) is 0 Å². The minimum absolute atomic E-state index is 0.0158. The molecule has 1 aromatic carbocycles. The van der Waals surface area contributed by atoms with E-state index in [-0.39, 0.29) is 5.91 Å². The van der Waals surface area contributed by atoms with Crippen LogP contribution in [0.1, 0.15) is 42.1 Å². The van der Waals surface area contributed by atoms with Gasteiger partial charge in [-0.05, 0) is 44.9 Å². The van der Waals surface area contributed by atoms with Crippen LogP contribution < -0.4 is 5.32 Å². The third-order valence-corrected chi connectivity index (χ3v) is 6.46. The first kappa shape index (κ1) is 19.1. The number of aromatic nitrogens is 3. The number of piperidine rings is 1. The molecule has 0 unspecified atom stereocenters. The van der Waals surface area contributed by atoms with Gasteiger partial charge in [-0.2, -0.15) is 0 Å². The molecule has 0 saturated carbocycles. The normalized spacial score (nSPS) is 17.9. The summed E-state index contributed by atoms with van der Waals surface area (Å²) in [6.07, 6.45) is 3.09. The van der Waals surface area contributed by atoms with Crippen molar-refractivity contribution in [1.29, 1.82) is 0 Å². The second-order valence-electron chi connectivity index (χ2n) is 7.52. The number of hydrogen-bond donors (Lipinski definition) is 1. The van der Waals surface area contributed by atoms with Crippen molar-refractivity contribution in [3.05, 3.63) is 40.7 Å². The standard InChI is InChI=1S/C21H27N5OS/c1-4-16-14(2)28-21(23-16)24-19(27)13-26-11-7-8-15(12-26)20-22-17-9-5-6-10-18(17)25(20)3/h5-6,9-10,15H,4,7-8,11-13H2,1-3H3,(H,23,24,27)/t15-/m1/s1. The molecule has 0 aliphatic carbocycles. The number of nitrogens with one attached hydrogen (secondary N) is 1. The van der Waals surface area contributed by atoms with Gasteiger partial charge in [0.1, 0.15) is 5.82 Å². The molecule has 1 saturated heterocycles. The third-order valence-electron chi connectivity index (χ3n) is 5.53. The first-order chi connectivity index (χ1) is 13.5.